The van der Waals surface area contributed by atoms with Crippen LogP contribution in [0.2, 0.25) is 10.0 Å². The zero-order valence-electron chi connectivity index (χ0n) is 12.6. The van der Waals surface area contributed by atoms with E-state index in [-0.39, 0.29) is 30.7 Å². The number of halogens is 4. The molecule has 1 atom stereocenters. The van der Waals surface area contributed by atoms with Crippen LogP contribution in [0.5, 0.6) is 5.75 Å². The van der Waals surface area contributed by atoms with Crippen LogP contribution < -0.4 is 10.5 Å². The van der Waals surface area contributed by atoms with Crippen LogP contribution in [0.4, 0.5) is 0 Å². The van der Waals surface area contributed by atoms with Crippen molar-refractivity contribution in [1.82, 2.24) is 0 Å². The van der Waals surface area contributed by atoms with Crippen LogP contribution in [0, 0.1) is 0 Å². The number of aliphatic hydroxyl groups excluding tert-OH is 1. The second kappa shape index (κ2) is 11.0. The topological polar surface area (TPSA) is 81.8 Å². The fraction of sp³-hybridized carbons (Fsp3) is 0.400. The fourth-order valence-electron chi connectivity index (χ4n) is 1.71. The Bertz CT molecular complexity index is 568. The predicted molar refractivity (Wildman–Crippen MR) is 96.1 cm³/mol. The molecule has 0 heterocycles. The molecule has 0 saturated heterocycles. The first-order valence-corrected chi connectivity index (χ1v) is 8.51. The Kier molecular flexibility index (Phi) is 9.81. The van der Waals surface area contributed by atoms with Crippen molar-refractivity contribution in [1.29, 1.82) is 0 Å². The molecule has 1 rings (SSSR count). The van der Waals surface area contributed by atoms with E-state index in [4.69, 9.17) is 66.7 Å². The first-order valence-electron chi connectivity index (χ1n) is 7.00. The number of nitrogens with two attached hydrogens (primary N) is 1. The summed E-state index contributed by atoms with van der Waals surface area (Å²) in [6, 6.07) is 2.20. The molecular formula is C15H17Cl4NO4. The van der Waals surface area contributed by atoms with Crippen molar-refractivity contribution in [2.24, 2.45) is 5.73 Å². The van der Waals surface area contributed by atoms with E-state index in [0.717, 1.165) is 0 Å². The molecule has 5 nitrogen and oxygen atoms in total. The van der Waals surface area contributed by atoms with Gasteiger partial charge in [0.05, 0.1) is 6.61 Å². The van der Waals surface area contributed by atoms with Gasteiger partial charge in [-0.2, -0.15) is 0 Å². The maximum atomic E-state index is 11.7. The van der Waals surface area contributed by atoms with Gasteiger partial charge in [-0.15, -0.1) is 0 Å². The molecule has 0 saturated carbocycles. The van der Waals surface area contributed by atoms with Gasteiger partial charge in [0, 0.05) is 29.5 Å². The smallest absolute Gasteiger partial charge is 0.323 e. The third-order valence-electron chi connectivity index (χ3n) is 2.88. The Morgan fingerprint density at radius 2 is 1.92 bits per heavy atom. The van der Waals surface area contributed by atoms with Crippen molar-refractivity contribution >= 4 is 52.4 Å². The van der Waals surface area contributed by atoms with Crippen LogP contribution in [0.15, 0.2) is 22.7 Å². The SMILES string of the molecule is N[C@@H](Cc1c(Cl)cc(OCC=C(Cl)Cl)cc1Cl)C(=O)OCCCO. The molecule has 0 radical (unpaired) electrons. The van der Waals surface area contributed by atoms with E-state index >= 15 is 0 Å². The summed E-state index contributed by atoms with van der Waals surface area (Å²) in [7, 11) is 0. The molecular weight excluding hydrogens is 400 g/mol. The van der Waals surface area contributed by atoms with E-state index in [1.807, 2.05) is 0 Å². The standard InChI is InChI=1S/C15H17Cl4NO4/c16-11-6-9(23-5-2-14(18)19)7-12(17)10(11)8-13(20)15(22)24-4-1-3-21/h2,6-7,13,21H,1,3-5,8,20H2/t13-/m0/s1. The van der Waals surface area contributed by atoms with Gasteiger partial charge in [-0.25, -0.2) is 0 Å². The Balaban J connectivity index is 2.71. The molecule has 0 amide bonds. The summed E-state index contributed by atoms with van der Waals surface area (Å²) in [6.07, 6.45) is 1.94. The van der Waals surface area contributed by atoms with Gasteiger partial charge in [0.1, 0.15) is 22.9 Å². The molecule has 3 N–H and O–H groups in total. The van der Waals surface area contributed by atoms with E-state index in [2.05, 4.69) is 0 Å². The van der Waals surface area contributed by atoms with Crippen molar-refractivity contribution in [3.63, 3.8) is 0 Å². The number of rotatable bonds is 9. The Labute approximate surface area is 160 Å². The number of hydrogen-bond acceptors (Lipinski definition) is 5. The normalized spacial score (nSPS) is 11.8. The average molecular weight is 417 g/mol. The zero-order chi connectivity index (χ0) is 18.1. The second-order valence-electron chi connectivity index (χ2n) is 4.73. The number of hydrogen-bond donors (Lipinski definition) is 2. The highest BCUT2D eigenvalue weighted by molar-refractivity contribution is 6.55. The molecule has 1 aromatic carbocycles. The molecule has 0 aliphatic carbocycles. The number of ether oxygens (including phenoxy) is 2. The third-order valence-corrected chi connectivity index (χ3v) is 3.86. The quantitative estimate of drug-likeness (QED) is 0.475. The monoisotopic (exact) mass is 415 g/mol. The Morgan fingerprint density at radius 1 is 1.29 bits per heavy atom. The van der Waals surface area contributed by atoms with Gasteiger partial charge in [0.25, 0.3) is 0 Å². The van der Waals surface area contributed by atoms with Crippen molar-refractivity contribution in [2.75, 3.05) is 19.8 Å². The predicted octanol–water partition coefficient (Wildman–Crippen LogP) is 3.49. The first kappa shape index (κ1) is 21.4. The van der Waals surface area contributed by atoms with E-state index in [9.17, 15) is 4.79 Å². The van der Waals surface area contributed by atoms with Gasteiger partial charge in [-0.1, -0.05) is 46.4 Å². The largest absolute Gasteiger partial charge is 0.489 e. The third kappa shape index (κ3) is 7.47. The van der Waals surface area contributed by atoms with Gasteiger partial charge >= 0.3 is 5.97 Å². The minimum absolute atomic E-state index is 0.0637. The molecule has 24 heavy (non-hydrogen) atoms. The summed E-state index contributed by atoms with van der Waals surface area (Å²) >= 11 is 23.3. The van der Waals surface area contributed by atoms with Crippen molar-refractivity contribution in [2.45, 2.75) is 18.9 Å². The van der Waals surface area contributed by atoms with Gasteiger partial charge in [-0.05, 0) is 23.8 Å². The molecule has 0 aliphatic heterocycles. The van der Waals surface area contributed by atoms with E-state index in [1.165, 1.54) is 6.08 Å². The van der Waals surface area contributed by atoms with Crippen molar-refractivity contribution in [3.05, 3.63) is 38.3 Å². The van der Waals surface area contributed by atoms with Gasteiger partial charge in [0.15, 0.2) is 0 Å². The summed E-state index contributed by atoms with van der Waals surface area (Å²) in [5.74, 6) is -0.156. The molecule has 0 bridgehead atoms. The molecule has 0 spiro atoms. The second-order valence-corrected chi connectivity index (χ2v) is 6.55. The number of esters is 1. The highest BCUT2D eigenvalue weighted by Gasteiger charge is 2.19. The van der Waals surface area contributed by atoms with Gasteiger partial charge < -0.3 is 20.3 Å². The molecule has 0 aromatic heterocycles. The number of carbonyl (C=O) groups is 1. The summed E-state index contributed by atoms with van der Waals surface area (Å²) in [6.45, 7) is 0.199. The average Bonchev–Trinajstić information content (AvgIpc) is 2.50. The minimum atomic E-state index is -0.913. The van der Waals surface area contributed by atoms with Gasteiger partial charge in [-0.3, -0.25) is 4.79 Å². The lowest BCUT2D eigenvalue weighted by atomic mass is 10.1. The maximum absolute atomic E-state index is 11.7. The Hall–Kier alpha value is -0.690. The summed E-state index contributed by atoms with van der Waals surface area (Å²) in [5, 5.41) is 9.29. The highest BCUT2D eigenvalue weighted by atomic mass is 35.5. The van der Waals surface area contributed by atoms with E-state index < -0.39 is 12.0 Å². The van der Waals surface area contributed by atoms with Crippen LogP contribution in [0.25, 0.3) is 0 Å². The first-order chi connectivity index (χ1) is 11.3. The minimum Gasteiger partial charge on any atom is -0.489 e. The molecule has 0 aliphatic rings. The maximum Gasteiger partial charge on any atom is 0.323 e. The van der Waals surface area contributed by atoms with Crippen LogP contribution in [-0.4, -0.2) is 36.9 Å². The fourth-order valence-corrected chi connectivity index (χ4v) is 2.45. The van der Waals surface area contributed by atoms with E-state index in [0.29, 0.717) is 27.8 Å². The van der Waals surface area contributed by atoms with Crippen LogP contribution in [0.1, 0.15) is 12.0 Å². The van der Waals surface area contributed by atoms with Crippen LogP contribution >= 0.6 is 46.4 Å². The highest BCUT2D eigenvalue weighted by Crippen LogP contribution is 2.31. The molecule has 0 fully saturated rings. The number of aliphatic hydroxyl groups is 1. The van der Waals surface area contributed by atoms with Crippen molar-refractivity contribution < 1.29 is 19.4 Å². The molecule has 1 aromatic rings. The lowest BCUT2D eigenvalue weighted by molar-refractivity contribution is -0.145. The van der Waals surface area contributed by atoms with Crippen LogP contribution in [0.3, 0.4) is 0 Å². The zero-order valence-corrected chi connectivity index (χ0v) is 15.6. The summed E-state index contributed by atoms with van der Waals surface area (Å²) < 4.78 is 10.4. The molecule has 134 valence electrons. The summed E-state index contributed by atoms with van der Waals surface area (Å²) in [4.78, 5) is 11.7. The number of benzene rings is 1. The summed E-state index contributed by atoms with van der Waals surface area (Å²) in [5.41, 5.74) is 6.32. The molecule has 0 unspecified atom stereocenters. The lowest BCUT2D eigenvalue weighted by Crippen LogP contribution is -2.34. The van der Waals surface area contributed by atoms with Crippen LogP contribution in [-0.2, 0) is 16.0 Å². The lowest BCUT2D eigenvalue weighted by Gasteiger charge is -2.14. The number of carbonyl (C=O) groups excluding carboxylic acids is 1. The Morgan fingerprint density at radius 3 is 2.46 bits per heavy atom. The molecule has 9 heteroatoms. The van der Waals surface area contributed by atoms with E-state index in [1.54, 1.807) is 12.1 Å². The van der Waals surface area contributed by atoms with Crippen molar-refractivity contribution in [3.8, 4) is 5.75 Å². The van der Waals surface area contributed by atoms with Gasteiger partial charge in [0.2, 0.25) is 0 Å².